The van der Waals surface area contributed by atoms with E-state index in [9.17, 15) is 0 Å². The first-order valence-corrected chi connectivity index (χ1v) is 7.34. The van der Waals surface area contributed by atoms with Gasteiger partial charge in [-0.05, 0) is 46.6 Å². The summed E-state index contributed by atoms with van der Waals surface area (Å²) in [7, 11) is 0. The Kier molecular flexibility index (Phi) is 4.40. The van der Waals surface area contributed by atoms with Gasteiger partial charge in [-0.15, -0.1) is 11.3 Å². The highest BCUT2D eigenvalue weighted by Crippen LogP contribution is 2.34. The Morgan fingerprint density at radius 1 is 1.44 bits per heavy atom. The first-order valence-electron chi connectivity index (χ1n) is 4.85. The van der Waals surface area contributed by atoms with Crippen molar-refractivity contribution in [1.29, 1.82) is 0 Å². The van der Waals surface area contributed by atoms with E-state index in [1.165, 1.54) is 10.5 Å². The molecule has 0 atom stereocenters. The quantitative estimate of drug-likeness (QED) is 0.937. The Bertz CT molecular complexity index is 457. The first-order chi connectivity index (χ1) is 7.79. The van der Waals surface area contributed by atoms with Gasteiger partial charge in [0, 0.05) is 20.9 Å². The minimum absolute atomic E-state index is 0.686. The Hall–Kier alpha value is -0.360. The van der Waals surface area contributed by atoms with Crippen molar-refractivity contribution < 1.29 is 0 Å². The smallest absolute Gasteiger partial charge is 0.154 e. The molecule has 0 saturated heterocycles. The molecular weight excluding hydrogens is 304 g/mol. The van der Waals surface area contributed by atoms with Crippen LogP contribution in [0.15, 0.2) is 43.5 Å². The monoisotopic (exact) mass is 314 g/mol. The maximum Gasteiger partial charge on any atom is 0.154 e. The van der Waals surface area contributed by atoms with Crippen LogP contribution < -0.4 is 5.73 Å². The molecule has 1 aromatic carbocycles. The molecular formula is C11H11BrN2S2. The second kappa shape index (κ2) is 5.82. The number of nitrogens with zero attached hydrogens (tertiary/aromatic N) is 1. The number of rotatable bonds is 4. The molecule has 0 aliphatic rings. The molecule has 0 bridgehead atoms. The fourth-order valence-corrected chi connectivity index (χ4v) is 3.56. The molecule has 1 heterocycles. The van der Waals surface area contributed by atoms with E-state index < -0.39 is 0 Å². The van der Waals surface area contributed by atoms with Gasteiger partial charge < -0.3 is 5.73 Å². The zero-order chi connectivity index (χ0) is 11.4. The van der Waals surface area contributed by atoms with Gasteiger partial charge in [-0.1, -0.05) is 17.8 Å². The average Bonchev–Trinajstić information content (AvgIpc) is 2.75. The summed E-state index contributed by atoms with van der Waals surface area (Å²) in [5.74, 6) is 0. The maximum atomic E-state index is 5.53. The van der Waals surface area contributed by atoms with Crippen molar-refractivity contribution in [2.24, 2.45) is 5.73 Å². The second-order valence-electron chi connectivity index (χ2n) is 3.20. The molecule has 0 saturated carbocycles. The lowest BCUT2D eigenvalue weighted by Gasteiger charge is -2.04. The van der Waals surface area contributed by atoms with Crippen LogP contribution in [-0.4, -0.2) is 11.5 Å². The van der Waals surface area contributed by atoms with Gasteiger partial charge in [0.25, 0.3) is 0 Å². The number of halogens is 1. The lowest BCUT2D eigenvalue weighted by Crippen LogP contribution is -2.02. The molecule has 2 nitrogen and oxygen atoms in total. The summed E-state index contributed by atoms with van der Waals surface area (Å²) in [6, 6.07) is 6.36. The minimum atomic E-state index is 0.686. The zero-order valence-electron chi connectivity index (χ0n) is 8.52. The van der Waals surface area contributed by atoms with Crippen molar-refractivity contribution in [3.8, 4) is 0 Å². The van der Waals surface area contributed by atoms with Crippen LogP contribution in [0.1, 0.15) is 5.56 Å². The Morgan fingerprint density at radius 2 is 2.31 bits per heavy atom. The van der Waals surface area contributed by atoms with Gasteiger partial charge in [-0.2, -0.15) is 0 Å². The molecule has 0 radical (unpaired) electrons. The number of thiazole rings is 1. The molecule has 0 fully saturated rings. The van der Waals surface area contributed by atoms with E-state index in [1.807, 2.05) is 11.6 Å². The van der Waals surface area contributed by atoms with E-state index in [4.69, 9.17) is 5.73 Å². The molecule has 2 N–H and O–H groups in total. The third kappa shape index (κ3) is 3.07. The summed E-state index contributed by atoms with van der Waals surface area (Å²) < 4.78 is 2.17. The molecule has 0 aliphatic carbocycles. The van der Waals surface area contributed by atoms with Gasteiger partial charge in [0.1, 0.15) is 0 Å². The topological polar surface area (TPSA) is 38.9 Å². The standard InChI is InChI=1S/C11H11BrN2S2/c12-9-7-8(3-4-13)1-2-10(9)16-11-14-5-6-15-11/h1-2,5-7H,3-4,13H2. The van der Waals surface area contributed by atoms with Crippen molar-refractivity contribution >= 4 is 39.0 Å². The van der Waals surface area contributed by atoms with Crippen LogP contribution in [0.2, 0.25) is 0 Å². The highest BCUT2D eigenvalue weighted by Gasteiger charge is 2.05. The van der Waals surface area contributed by atoms with Crippen LogP contribution in [0.5, 0.6) is 0 Å². The van der Waals surface area contributed by atoms with Crippen LogP contribution in [0.4, 0.5) is 0 Å². The summed E-state index contributed by atoms with van der Waals surface area (Å²) in [4.78, 5) is 5.44. The Morgan fingerprint density at radius 3 is 2.94 bits per heavy atom. The molecule has 84 valence electrons. The maximum absolute atomic E-state index is 5.53. The van der Waals surface area contributed by atoms with Crippen molar-refractivity contribution in [2.75, 3.05) is 6.54 Å². The number of aromatic nitrogens is 1. The van der Waals surface area contributed by atoms with Crippen LogP contribution in [0, 0.1) is 0 Å². The van der Waals surface area contributed by atoms with Gasteiger partial charge in [0.2, 0.25) is 0 Å². The molecule has 0 spiro atoms. The van der Waals surface area contributed by atoms with Gasteiger partial charge in [-0.25, -0.2) is 4.98 Å². The van der Waals surface area contributed by atoms with E-state index in [0.717, 1.165) is 15.2 Å². The first kappa shape index (κ1) is 12.1. The van der Waals surface area contributed by atoms with E-state index in [-0.39, 0.29) is 0 Å². The normalized spacial score (nSPS) is 10.6. The van der Waals surface area contributed by atoms with Crippen LogP contribution in [-0.2, 0) is 6.42 Å². The summed E-state index contributed by atoms with van der Waals surface area (Å²) in [5.41, 5.74) is 6.79. The fraction of sp³-hybridized carbons (Fsp3) is 0.182. The number of nitrogens with two attached hydrogens (primary N) is 1. The summed E-state index contributed by atoms with van der Waals surface area (Å²) in [6.07, 6.45) is 2.74. The fourth-order valence-electron chi connectivity index (χ4n) is 1.30. The largest absolute Gasteiger partial charge is 0.330 e. The average molecular weight is 315 g/mol. The predicted octanol–water partition coefficient (Wildman–Crippen LogP) is 3.56. The zero-order valence-corrected chi connectivity index (χ0v) is 11.7. The predicted molar refractivity (Wildman–Crippen MR) is 73.1 cm³/mol. The van der Waals surface area contributed by atoms with Gasteiger partial charge >= 0.3 is 0 Å². The molecule has 0 aliphatic heterocycles. The van der Waals surface area contributed by atoms with Crippen molar-refractivity contribution in [3.63, 3.8) is 0 Å². The molecule has 5 heteroatoms. The summed E-state index contributed by atoms with van der Waals surface area (Å²) >= 11 is 6.91. The van der Waals surface area contributed by atoms with Gasteiger partial charge in [-0.3, -0.25) is 0 Å². The summed E-state index contributed by atoms with van der Waals surface area (Å²) in [5, 5.41) is 1.99. The number of benzene rings is 1. The Balaban J connectivity index is 2.16. The van der Waals surface area contributed by atoms with Crippen LogP contribution in [0.25, 0.3) is 0 Å². The van der Waals surface area contributed by atoms with Crippen molar-refractivity contribution in [3.05, 3.63) is 39.8 Å². The van der Waals surface area contributed by atoms with Crippen molar-refractivity contribution in [1.82, 2.24) is 4.98 Å². The highest BCUT2D eigenvalue weighted by molar-refractivity contribution is 9.10. The van der Waals surface area contributed by atoms with E-state index in [1.54, 1.807) is 23.1 Å². The molecule has 2 aromatic rings. The lowest BCUT2D eigenvalue weighted by molar-refractivity contribution is 0.965. The SMILES string of the molecule is NCCc1ccc(Sc2nccs2)c(Br)c1. The van der Waals surface area contributed by atoms with E-state index >= 15 is 0 Å². The second-order valence-corrected chi connectivity index (χ2v) is 6.24. The van der Waals surface area contributed by atoms with Crippen molar-refractivity contribution in [2.45, 2.75) is 15.7 Å². The van der Waals surface area contributed by atoms with E-state index in [0.29, 0.717) is 6.54 Å². The third-order valence-electron chi connectivity index (χ3n) is 2.04. The summed E-state index contributed by atoms with van der Waals surface area (Å²) in [6.45, 7) is 0.686. The Labute approximate surface area is 111 Å². The molecule has 2 rings (SSSR count). The van der Waals surface area contributed by atoms with E-state index in [2.05, 4.69) is 39.1 Å². The highest BCUT2D eigenvalue weighted by atomic mass is 79.9. The molecule has 16 heavy (non-hydrogen) atoms. The van der Waals surface area contributed by atoms with Crippen LogP contribution >= 0.6 is 39.0 Å². The number of hydrogen-bond acceptors (Lipinski definition) is 4. The number of hydrogen-bond donors (Lipinski definition) is 1. The van der Waals surface area contributed by atoms with Gasteiger partial charge in [0.05, 0.1) is 0 Å². The van der Waals surface area contributed by atoms with Gasteiger partial charge in [0.15, 0.2) is 4.34 Å². The molecule has 0 unspecified atom stereocenters. The molecule has 1 aromatic heterocycles. The lowest BCUT2D eigenvalue weighted by atomic mass is 10.2. The minimum Gasteiger partial charge on any atom is -0.330 e. The third-order valence-corrected chi connectivity index (χ3v) is 4.91. The molecule has 0 amide bonds. The van der Waals surface area contributed by atoms with Crippen LogP contribution in [0.3, 0.4) is 0 Å².